The van der Waals surface area contributed by atoms with Crippen molar-refractivity contribution in [3.05, 3.63) is 57.4 Å². The first-order valence-electron chi connectivity index (χ1n) is 6.63. The number of carbonyl (C=O) groups excluding carboxylic acids is 2. The highest BCUT2D eigenvalue weighted by Crippen LogP contribution is 2.27. The molecule has 6 nitrogen and oxygen atoms in total. The molecule has 2 rings (SSSR count). The van der Waals surface area contributed by atoms with Gasteiger partial charge in [0, 0.05) is 10.7 Å². The Balaban J connectivity index is 2.48. The second-order valence-electron chi connectivity index (χ2n) is 4.87. The number of aromatic nitrogens is 1. The molecule has 0 unspecified atom stereocenters. The summed E-state index contributed by atoms with van der Waals surface area (Å²) in [5.74, 6) is -1.39. The maximum atomic E-state index is 12.5. The van der Waals surface area contributed by atoms with Crippen LogP contribution < -0.4 is 11.1 Å². The SMILES string of the molecule is Cc1ccc(C(=O)Nc2c(C#N)ccc(Cl)c2C)c(C(N)=O)n1. The summed E-state index contributed by atoms with van der Waals surface area (Å²) in [6.07, 6.45) is 0. The lowest BCUT2D eigenvalue weighted by Gasteiger charge is -2.13. The molecule has 1 aromatic heterocycles. The number of amides is 2. The Hall–Kier alpha value is -2.91. The summed E-state index contributed by atoms with van der Waals surface area (Å²) < 4.78 is 0. The van der Waals surface area contributed by atoms with Crippen LogP contribution in [0.5, 0.6) is 0 Å². The number of carbonyl (C=O) groups is 2. The van der Waals surface area contributed by atoms with Gasteiger partial charge < -0.3 is 11.1 Å². The number of primary amides is 1. The van der Waals surface area contributed by atoms with Crippen LogP contribution in [0.3, 0.4) is 0 Å². The molecule has 0 radical (unpaired) electrons. The number of nitrogens with zero attached hydrogens (tertiary/aromatic N) is 2. The van der Waals surface area contributed by atoms with Gasteiger partial charge in [-0.3, -0.25) is 9.59 Å². The number of hydrogen-bond donors (Lipinski definition) is 2. The summed E-state index contributed by atoms with van der Waals surface area (Å²) in [7, 11) is 0. The van der Waals surface area contributed by atoms with Gasteiger partial charge >= 0.3 is 0 Å². The molecule has 0 saturated heterocycles. The average Bonchev–Trinajstić information content (AvgIpc) is 2.51. The van der Waals surface area contributed by atoms with Gasteiger partial charge in [-0.15, -0.1) is 0 Å². The van der Waals surface area contributed by atoms with E-state index in [0.717, 1.165) is 0 Å². The molecule has 7 heteroatoms. The van der Waals surface area contributed by atoms with Gasteiger partial charge in [0.2, 0.25) is 0 Å². The molecule has 23 heavy (non-hydrogen) atoms. The van der Waals surface area contributed by atoms with E-state index >= 15 is 0 Å². The quantitative estimate of drug-likeness (QED) is 0.902. The molecule has 0 aliphatic rings. The lowest BCUT2D eigenvalue weighted by atomic mass is 10.1. The topological polar surface area (TPSA) is 109 Å². The van der Waals surface area contributed by atoms with Gasteiger partial charge in [-0.25, -0.2) is 4.98 Å². The Morgan fingerprint density at radius 2 is 1.96 bits per heavy atom. The van der Waals surface area contributed by atoms with Crippen molar-refractivity contribution in [2.24, 2.45) is 5.73 Å². The zero-order valence-electron chi connectivity index (χ0n) is 12.5. The fourth-order valence-electron chi connectivity index (χ4n) is 2.05. The van der Waals surface area contributed by atoms with Crippen molar-refractivity contribution in [3.8, 4) is 6.07 Å². The average molecular weight is 329 g/mol. The summed E-state index contributed by atoms with van der Waals surface area (Å²) >= 11 is 6.03. The Labute approximate surface area is 137 Å². The number of anilines is 1. The minimum absolute atomic E-state index is 0.0337. The van der Waals surface area contributed by atoms with Crippen molar-refractivity contribution in [1.82, 2.24) is 4.98 Å². The monoisotopic (exact) mass is 328 g/mol. The Morgan fingerprint density at radius 1 is 1.26 bits per heavy atom. The summed E-state index contributed by atoms with van der Waals surface area (Å²) in [6, 6.07) is 8.13. The lowest BCUT2D eigenvalue weighted by Crippen LogP contribution is -2.23. The number of hydrogen-bond acceptors (Lipinski definition) is 4. The Morgan fingerprint density at radius 3 is 2.57 bits per heavy atom. The van der Waals surface area contributed by atoms with Gasteiger partial charge in [0.15, 0.2) is 0 Å². The Bertz CT molecular complexity index is 856. The number of benzene rings is 1. The highest BCUT2D eigenvalue weighted by Gasteiger charge is 2.19. The first kappa shape index (κ1) is 16.5. The van der Waals surface area contributed by atoms with Gasteiger partial charge in [-0.05, 0) is 43.7 Å². The fraction of sp³-hybridized carbons (Fsp3) is 0.125. The molecule has 1 heterocycles. The summed E-state index contributed by atoms with van der Waals surface area (Å²) in [4.78, 5) is 27.9. The molecule has 3 N–H and O–H groups in total. The van der Waals surface area contributed by atoms with E-state index in [1.807, 2.05) is 6.07 Å². The minimum Gasteiger partial charge on any atom is -0.364 e. The summed E-state index contributed by atoms with van der Waals surface area (Å²) in [6.45, 7) is 3.37. The van der Waals surface area contributed by atoms with Crippen molar-refractivity contribution in [1.29, 1.82) is 5.26 Å². The molecule has 116 valence electrons. The normalized spacial score (nSPS) is 10.0. The molecule has 0 atom stereocenters. The molecule has 1 aromatic carbocycles. The molecule has 0 fully saturated rings. The third-order valence-corrected chi connectivity index (χ3v) is 3.68. The zero-order valence-corrected chi connectivity index (χ0v) is 13.2. The maximum absolute atomic E-state index is 12.5. The molecule has 0 spiro atoms. The van der Waals surface area contributed by atoms with E-state index in [-0.39, 0.29) is 16.8 Å². The van der Waals surface area contributed by atoms with Crippen LogP contribution in [-0.4, -0.2) is 16.8 Å². The number of nitrogens with two attached hydrogens (primary N) is 1. The number of halogens is 1. The number of nitrogens with one attached hydrogen (secondary N) is 1. The number of aryl methyl sites for hydroxylation is 1. The largest absolute Gasteiger partial charge is 0.364 e. The molecule has 0 aliphatic heterocycles. The Kier molecular flexibility index (Phi) is 4.63. The first-order chi connectivity index (χ1) is 10.8. The highest BCUT2D eigenvalue weighted by molar-refractivity contribution is 6.32. The van der Waals surface area contributed by atoms with Gasteiger partial charge in [0.1, 0.15) is 11.8 Å². The first-order valence-corrected chi connectivity index (χ1v) is 7.01. The molecular formula is C16H13ClN4O2. The van der Waals surface area contributed by atoms with Crippen LogP contribution in [0.25, 0.3) is 0 Å². The molecular weight excluding hydrogens is 316 g/mol. The van der Waals surface area contributed by atoms with Crippen molar-refractivity contribution in [2.75, 3.05) is 5.32 Å². The lowest BCUT2D eigenvalue weighted by molar-refractivity contribution is 0.0972. The number of nitriles is 1. The van der Waals surface area contributed by atoms with E-state index in [1.165, 1.54) is 12.1 Å². The van der Waals surface area contributed by atoms with Crippen molar-refractivity contribution >= 4 is 29.1 Å². The molecule has 2 aromatic rings. The predicted molar refractivity (Wildman–Crippen MR) is 86.3 cm³/mol. The second kappa shape index (κ2) is 6.46. The van der Waals surface area contributed by atoms with Gasteiger partial charge in [-0.2, -0.15) is 5.26 Å². The molecule has 2 amide bonds. The summed E-state index contributed by atoms with van der Waals surface area (Å²) in [5, 5.41) is 12.2. The third kappa shape index (κ3) is 3.30. The minimum atomic E-state index is -0.804. The second-order valence-corrected chi connectivity index (χ2v) is 5.28. The number of pyridine rings is 1. The fourth-order valence-corrected chi connectivity index (χ4v) is 2.21. The maximum Gasteiger partial charge on any atom is 0.268 e. The van der Waals surface area contributed by atoms with Crippen LogP contribution in [0.15, 0.2) is 24.3 Å². The number of rotatable bonds is 3. The summed E-state index contributed by atoms with van der Waals surface area (Å²) in [5.41, 5.74) is 6.85. The van der Waals surface area contributed by atoms with Crippen molar-refractivity contribution in [3.63, 3.8) is 0 Å². The standard InChI is InChI=1S/C16H13ClN4O2/c1-8-3-5-11(14(20-8)15(19)22)16(23)21-13-9(2)12(17)6-4-10(13)7-18/h3-6H,1-2H3,(H2,19,22)(H,21,23). The third-order valence-electron chi connectivity index (χ3n) is 3.27. The van der Waals surface area contributed by atoms with E-state index in [9.17, 15) is 9.59 Å². The van der Waals surface area contributed by atoms with Gasteiger partial charge in [0.05, 0.1) is 16.8 Å². The molecule has 0 saturated carbocycles. The van der Waals surface area contributed by atoms with Crippen LogP contribution >= 0.6 is 11.6 Å². The van der Waals surface area contributed by atoms with Crippen LogP contribution in [0.2, 0.25) is 5.02 Å². The van der Waals surface area contributed by atoms with Crippen molar-refractivity contribution in [2.45, 2.75) is 13.8 Å². The van der Waals surface area contributed by atoms with Crippen LogP contribution in [-0.2, 0) is 0 Å². The van der Waals surface area contributed by atoms with Crippen LogP contribution in [0.4, 0.5) is 5.69 Å². The highest BCUT2D eigenvalue weighted by atomic mass is 35.5. The van der Waals surface area contributed by atoms with Gasteiger partial charge in [-0.1, -0.05) is 11.6 Å². The zero-order chi connectivity index (χ0) is 17.1. The smallest absolute Gasteiger partial charge is 0.268 e. The van der Waals surface area contributed by atoms with E-state index in [2.05, 4.69) is 10.3 Å². The van der Waals surface area contributed by atoms with Crippen LogP contribution in [0.1, 0.15) is 37.7 Å². The van der Waals surface area contributed by atoms with E-state index in [0.29, 0.717) is 22.0 Å². The van der Waals surface area contributed by atoms with Crippen LogP contribution in [0, 0.1) is 25.2 Å². The molecule has 0 bridgehead atoms. The van der Waals surface area contributed by atoms with E-state index < -0.39 is 11.8 Å². The van der Waals surface area contributed by atoms with E-state index in [4.69, 9.17) is 22.6 Å². The molecule has 0 aliphatic carbocycles. The van der Waals surface area contributed by atoms with Gasteiger partial charge in [0.25, 0.3) is 11.8 Å². The van der Waals surface area contributed by atoms with Crippen molar-refractivity contribution < 1.29 is 9.59 Å². The predicted octanol–water partition coefficient (Wildman–Crippen LogP) is 2.57. The van der Waals surface area contributed by atoms with E-state index in [1.54, 1.807) is 26.0 Å².